The van der Waals surface area contributed by atoms with Gasteiger partial charge in [0.05, 0.1) is 23.0 Å². The molecule has 0 aliphatic carbocycles. The van der Waals surface area contributed by atoms with Gasteiger partial charge < -0.3 is 31.3 Å². The monoisotopic (exact) mass is 633 g/mol. The van der Waals surface area contributed by atoms with Gasteiger partial charge in [-0.05, 0) is 75.6 Å². The molecule has 1 saturated heterocycles. The molecule has 1 fully saturated rings. The van der Waals surface area contributed by atoms with Crippen LogP contribution in [0.5, 0.6) is 0 Å². The van der Waals surface area contributed by atoms with Gasteiger partial charge in [-0.2, -0.15) is 0 Å². The van der Waals surface area contributed by atoms with Crippen molar-refractivity contribution in [2.24, 2.45) is 0 Å². The zero-order valence-corrected chi connectivity index (χ0v) is 26.2. The minimum atomic E-state index is -4.13. The molecular formula is C32H35N5O7S. The Labute approximate surface area is 261 Å². The average molecular weight is 634 g/mol. The quantitative estimate of drug-likeness (QED) is 0.226. The van der Waals surface area contributed by atoms with Crippen molar-refractivity contribution < 1.29 is 32.3 Å². The van der Waals surface area contributed by atoms with Crippen LogP contribution in [-0.2, 0) is 25.9 Å². The van der Waals surface area contributed by atoms with Crippen LogP contribution in [0.2, 0.25) is 0 Å². The summed E-state index contributed by atoms with van der Waals surface area (Å²) < 4.78 is 33.3. The largest absolute Gasteiger partial charge is 0.444 e. The summed E-state index contributed by atoms with van der Waals surface area (Å²) in [5.41, 5.74) is 7.59. The maximum absolute atomic E-state index is 14.0. The van der Waals surface area contributed by atoms with Crippen molar-refractivity contribution >= 4 is 45.0 Å². The van der Waals surface area contributed by atoms with Gasteiger partial charge in [-0.1, -0.05) is 36.4 Å². The number of Topliss-reactive ketones (excluding diaryl/α,β-unsaturated/α-hetero) is 1. The molecule has 0 spiro atoms. The number of ketones is 1. The number of amides is 4. The molecule has 4 amide bonds. The third-order valence-electron chi connectivity index (χ3n) is 7.71. The molecule has 2 aliphatic heterocycles. The summed E-state index contributed by atoms with van der Waals surface area (Å²) in [4.78, 5) is 50.6. The number of nitrogens with zero attached hydrogens (tertiary/aromatic N) is 1. The zero-order chi connectivity index (χ0) is 32.7. The number of benzene rings is 3. The smallest absolute Gasteiger partial charge is 0.408 e. The van der Waals surface area contributed by atoms with E-state index < -0.39 is 50.2 Å². The van der Waals surface area contributed by atoms with Crippen molar-refractivity contribution in [2.45, 2.75) is 55.5 Å². The first-order valence-electron chi connectivity index (χ1n) is 14.4. The third kappa shape index (κ3) is 5.95. The predicted molar refractivity (Wildman–Crippen MR) is 168 cm³/mol. The fourth-order valence-electron chi connectivity index (χ4n) is 5.49. The summed E-state index contributed by atoms with van der Waals surface area (Å²) in [5.74, 6) is -0.817. The number of nitrogens with two attached hydrogens (primary N) is 1. The highest BCUT2D eigenvalue weighted by Gasteiger charge is 2.51. The summed E-state index contributed by atoms with van der Waals surface area (Å²) in [6.45, 7) is 6.81. The summed E-state index contributed by atoms with van der Waals surface area (Å²) in [5, 5.41) is 7.69. The standard InChI is InChI=1S/C32H35N5O7S/c1-19(35-30(41)44-31(2,3)4)27(38)21-10-12-24(25(33)17-21)28(39)37-15-14-20-16-23(11-13-26(20)37)45(42,43)32(18-34-29(40)36-32)22-8-6-5-7-9-22/h5-13,16-17,19H,14-15,18,33H2,1-4H3,(H,35,41)(H2,34,36,40). The number of carbonyl (C=O) groups excluding carboxylic acids is 4. The van der Waals surface area contributed by atoms with Crippen molar-refractivity contribution in [3.8, 4) is 0 Å². The van der Waals surface area contributed by atoms with E-state index in [0.29, 0.717) is 23.2 Å². The lowest BCUT2D eigenvalue weighted by molar-refractivity contribution is 0.0496. The number of urea groups is 1. The van der Waals surface area contributed by atoms with Gasteiger partial charge in [0.15, 0.2) is 10.7 Å². The van der Waals surface area contributed by atoms with Crippen molar-refractivity contribution in [1.82, 2.24) is 16.0 Å². The number of anilines is 2. The fraction of sp³-hybridized carbons (Fsp3) is 0.312. The lowest BCUT2D eigenvalue weighted by Gasteiger charge is -2.28. The van der Waals surface area contributed by atoms with Crippen LogP contribution >= 0.6 is 0 Å². The Bertz CT molecular complexity index is 1800. The highest BCUT2D eigenvalue weighted by atomic mass is 32.2. The van der Waals surface area contributed by atoms with Crippen molar-refractivity contribution in [1.29, 1.82) is 0 Å². The molecule has 2 atom stereocenters. The second kappa shape index (κ2) is 11.5. The van der Waals surface area contributed by atoms with Gasteiger partial charge >= 0.3 is 12.1 Å². The van der Waals surface area contributed by atoms with Crippen LogP contribution < -0.4 is 26.6 Å². The van der Waals surface area contributed by atoms with Crippen LogP contribution in [0.25, 0.3) is 0 Å². The topological polar surface area (TPSA) is 177 Å². The van der Waals surface area contributed by atoms with Crippen LogP contribution in [0.15, 0.2) is 71.6 Å². The van der Waals surface area contributed by atoms with E-state index in [2.05, 4.69) is 16.0 Å². The molecule has 13 heteroatoms. The summed E-state index contributed by atoms with van der Waals surface area (Å²) in [6, 6.07) is 15.9. The molecule has 0 radical (unpaired) electrons. The molecule has 0 saturated carbocycles. The number of rotatable bonds is 7. The second-order valence-corrected chi connectivity index (χ2v) is 14.2. The Hall–Kier alpha value is -4.91. The number of alkyl carbamates (subject to hydrolysis) is 1. The van der Waals surface area contributed by atoms with E-state index in [1.807, 2.05) is 0 Å². The number of nitrogen functional groups attached to an aromatic ring is 1. The molecule has 5 rings (SSSR count). The third-order valence-corrected chi connectivity index (χ3v) is 9.98. The average Bonchev–Trinajstić information content (AvgIpc) is 3.60. The van der Waals surface area contributed by atoms with Gasteiger partial charge in [-0.3, -0.25) is 9.59 Å². The fourth-order valence-corrected chi connectivity index (χ4v) is 7.37. The van der Waals surface area contributed by atoms with Gasteiger partial charge in [0, 0.05) is 23.5 Å². The van der Waals surface area contributed by atoms with Gasteiger partial charge in [-0.15, -0.1) is 0 Å². The molecular weight excluding hydrogens is 598 g/mol. The maximum Gasteiger partial charge on any atom is 0.408 e. The maximum atomic E-state index is 14.0. The minimum Gasteiger partial charge on any atom is -0.444 e. The Morgan fingerprint density at radius 2 is 1.76 bits per heavy atom. The molecule has 2 unspecified atom stereocenters. The lowest BCUT2D eigenvalue weighted by Crippen LogP contribution is -2.47. The molecule has 45 heavy (non-hydrogen) atoms. The number of carbonyl (C=O) groups is 4. The number of hydrogen-bond donors (Lipinski definition) is 4. The Morgan fingerprint density at radius 3 is 2.38 bits per heavy atom. The highest BCUT2D eigenvalue weighted by molar-refractivity contribution is 7.92. The van der Waals surface area contributed by atoms with Gasteiger partial charge in [0.2, 0.25) is 9.84 Å². The van der Waals surface area contributed by atoms with Gasteiger partial charge in [0.25, 0.3) is 5.91 Å². The van der Waals surface area contributed by atoms with E-state index in [4.69, 9.17) is 10.5 Å². The van der Waals surface area contributed by atoms with Crippen LogP contribution in [0.3, 0.4) is 0 Å². The number of fused-ring (bicyclic) bond motifs is 1. The van der Waals surface area contributed by atoms with Crippen molar-refractivity contribution in [3.63, 3.8) is 0 Å². The number of sulfone groups is 1. The number of nitrogens with one attached hydrogen (secondary N) is 3. The minimum absolute atomic E-state index is 0.0138. The Morgan fingerprint density at radius 1 is 1.04 bits per heavy atom. The second-order valence-electron chi connectivity index (χ2n) is 12.0. The Balaban J connectivity index is 1.36. The SMILES string of the molecule is CC(NC(=O)OC(C)(C)C)C(=O)c1ccc(C(=O)N2CCc3cc(S(=O)(=O)C4(c5ccccc5)CNC(=O)N4)ccc32)c(N)c1. The van der Waals surface area contributed by atoms with E-state index in [1.54, 1.807) is 57.2 Å². The normalized spacial score (nSPS) is 18.4. The van der Waals surface area contributed by atoms with E-state index in [0.717, 1.165) is 0 Å². The first-order valence-corrected chi connectivity index (χ1v) is 15.9. The summed E-state index contributed by atoms with van der Waals surface area (Å²) >= 11 is 0. The van der Waals surface area contributed by atoms with Crippen LogP contribution in [0, 0.1) is 0 Å². The van der Waals surface area contributed by atoms with Crippen molar-refractivity contribution in [2.75, 3.05) is 23.7 Å². The van der Waals surface area contributed by atoms with Crippen molar-refractivity contribution in [3.05, 3.63) is 89.0 Å². The summed E-state index contributed by atoms with van der Waals surface area (Å²) in [7, 11) is -4.13. The molecule has 2 heterocycles. The molecule has 2 aliphatic rings. The Kier molecular flexibility index (Phi) is 8.08. The first-order chi connectivity index (χ1) is 21.1. The zero-order valence-electron chi connectivity index (χ0n) is 25.3. The van der Waals surface area contributed by atoms with Crippen LogP contribution in [-0.4, -0.2) is 57.0 Å². The molecule has 3 aromatic carbocycles. The van der Waals surface area contributed by atoms with Gasteiger partial charge in [-0.25, -0.2) is 18.0 Å². The van der Waals surface area contributed by atoms with Crippen LogP contribution in [0.4, 0.5) is 21.0 Å². The first kappa shape index (κ1) is 31.5. The highest BCUT2D eigenvalue weighted by Crippen LogP contribution is 2.38. The van der Waals surface area contributed by atoms with E-state index in [-0.39, 0.29) is 34.8 Å². The summed E-state index contributed by atoms with van der Waals surface area (Å²) in [6.07, 6.45) is -0.329. The number of hydrogen-bond acceptors (Lipinski definition) is 8. The predicted octanol–water partition coefficient (Wildman–Crippen LogP) is 3.51. The van der Waals surface area contributed by atoms with E-state index >= 15 is 0 Å². The molecule has 0 bridgehead atoms. The molecule has 12 nitrogen and oxygen atoms in total. The van der Waals surface area contributed by atoms with E-state index in [1.165, 1.54) is 42.2 Å². The number of ether oxygens (including phenoxy) is 1. The molecule has 236 valence electrons. The molecule has 3 aromatic rings. The molecule has 5 N–H and O–H groups in total. The van der Waals surface area contributed by atoms with E-state index in [9.17, 15) is 27.6 Å². The lowest BCUT2D eigenvalue weighted by atomic mass is 10.0. The molecule has 0 aromatic heterocycles. The van der Waals surface area contributed by atoms with Gasteiger partial charge in [0.1, 0.15) is 5.60 Å². The van der Waals surface area contributed by atoms with Crippen LogP contribution in [0.1, 0.15) is 59.5 Å².